The van der Waals surface area contributed by atoms with Gasteiger partial charge in [-0.1, -0.05) is 74.5 Å². The molecule has 0 radical (unpaired) electrons. The number of hydrogen-bond acceptors (Lipinski definition) is 5. The molecule has 214 valence electrons. The zero-order chi connectivity index (χ0) is 28.9. The molecule has 2 unspecified atom stereocenters. The van der Waals surface area contributed by atoms with Gasteiger partial charge in [-0.15, -0.1) is 0 Å². The quantitative estimate of drug-likeness (QED) is 0.391. The Kier molecular flexibility index (Phi) is 6.86. The Hall–Kier alpha value is -3.75. The maximum Gasteiger partial charge on any atom is 0.250 e. The first-order valence-corrected chi connectivity index (χ1v) is 14.4. The van der Waals surface area contributed by atoms with Gasteiger partial charge >= 0.3 is 0 Å². The van der Waals surface area contributed by atoms with Crippen molar-refractivity contribution < 1.29 is 24.2 Å². The molecule has 0 aromatic heterocycles. The third kappa shape index (κ3) is 4.41. The number of aliphatic hydroxyl groups excluding tert-OH is 1. The molecule has 1 spiro atoms. The molecule has 8 nitrogen and oxygen atoms in total. The van der Waals surface area contributed by atoms with Crippen molar-refractivity contribution in [1.29, 1.82) is 0 Å². The Morgan fingerprint density at radius 1 is 1.00 bits per heavy atom. The molecular weight excluding hydrogens is 518 g/mol. The maximum atomic E-state index is 14.3. The SMILES string of the molecule is CC(C)[C@H](CO)N1C(=O)[C@@H]2[C@H](C(=O)NCc3ccccc3)[C@]3(C)CCC2(O3)C1C(=O)Nc1ccc2ccccc2c1. The Morgan fingerprint density at radius 2 is 1.71 bits per heavy atom. The molecule has 3 aliphatic heterocycles. The summed E-state index contributed by atoms with van der Waals surface area (Å²) in [6, 6.07) is 21.6. The molecule has 3 aliphatic rings. The van der Waals surface area contributed by atoms with E-state index in [4.69, 9.17) is 4.74 Å². The number of nitrogens with zero attached hydrogens (tertiary/aromatic N) is 1. The number of hydrogen-bond donors (Lipinski definition) is 3. The van der Waals surface area contributed by atoms with Crippen molar-refractivity contribution in [2.45, 2.75) is 63.4 Å². The van der Waals surface area contributed by atoms with Crippen LogP contribution in [0.1, 0.15) is 39.2 Å². The van der Waals surface area contributed by atoms with E-state index >= 15 is 0 Å². The van der Waals surface area contributed by atoms with Gasteiger partial charge in [0.1, 0.15) is 11.6 Å². The van der Waals surface area contributed by atoms with Crippen molar-refractivity contribution in [3.63, 3.8) is 0 Å². The van der Waals surface area contributed by atoms with Crippen LogP contribution in [0.5, 0.6) is 0 Å². The fraction of sp³-hybridized carbons (Fsp3) is 0.424. The molecule has 3 heterocycles. The lowest BCUT2D eigenvalue weighted by molar-refractivity contribution is -0.149. The Balaban J connectivity index is 1.35. The fourth-order valence-corrected chi connectivity index (χ4v) is 7.41. The van der Waals surface area contributed by atoms with E-state index in [2.05, 4.69) is 10.6 Å². The molecular formula is C33H37N3O5. The van der Waals surface area contributed by atoms with Crippen LogP contribution in [0.4, 0.5) is 5.69 Å². The first-order chi connectivity index (χ1) is 19.7. The van der Waals surface area contributed by atoms with Gasteiger partial charge in [0.2, 0.25) is 17.7 Å². The predicted octanol–water partition coefficient (Wildman–Crippen LogP) is 3.88. The molecule has 3 saturated heterocycles. The highest BCUT2D eigenvalue weighted by atomic mass is 16.5. The molecule has 0 aliphatic carbocycles. The number of nitrogens with one attached hydrogen (secondary N) is 2. The summed E-state index contributed by atoms with van der Waals surface area (Å²) >= 11 is 0. The highest BCUT2D eigenvalue weighted by Gasteiger charge is 2.78. The Bertz CT molecular complexity index is 1490. The van der Waals surface area contributed by atoms with Crippen molar-refractivity contribution in [3.8, 4) is 0 Å². The van der Waals surface area contributed by atoms with Gasteiger partial charge in [0, 0.05) is 12.2 Å². The van der Waals surface area contributed by atoms with Crippen LogP contribution in [-0.4, -0.2) is 57.6 Å². The summed E-state index contributed by atoms with van der Waals surface area (Å²) < 4.78 is 6.71. The van der Waals surface area contributed by atoms with E-state index in [9.17, 15) is 19.5 Å². The number of amides is 3. The van der Waals surface area contributed by atoms with Crippen molar-refractivity contribution in [3.05, 3.63) is 78.4 Å². The molecule has 3 amide bonds. The van der Waals surface area contributed by atoms with Crippen LogP contribution in [0.15, 0.2) is 72.8 Å². The summed E-state index contributed by atoms with van der Waals surface area (Å²) in [5.74, 6) is -2.62. The summed E-state index contributed by atoms with van der Waals surface area (Å²) in [6.07, 6.45) is 1.03. The largest absolute Gasteiger partial charge is 0.394 e. The highest BCUT2D eigenvalue weighted by molar-refractivity contribution is 6.04. The minimum absolute atomic E-state index is 0.117. The molecule has 41 heavy (non-hydrogen) atoms. The summed E-state index contributed by atoms with van der Waals surface area (Å²) in [5, 5.41) is 18.5. The average molecular weight is 556 g/mol. The minimum atomic E-state index is -1.16. The second-order valence-electron chi connectivity index (χ2n) is 12.2. The number of aliphatic hydroxyl groups is 1. The topological polar surface area (TPSA) is 108 Å². The minimum Gasteiger partial charge on any atom is -0.394 e. The standard InChI is InChI=1S/C33H37N3O5/c1-20(2)25(19-37)36-28(30(39)35-24-14-13-22-11-7-8-12-23(22)17-24)33-16-15-32(3,41-33)26(27(33)31(36)40)29(38)34-18-21-9-5-4-6-10-21/h4-14,17,20,25-28,37H,15-16,18-19H2,1-3H3,(H,34,38)(H,35,39)/t25-,26+,27-,28?,32-,33?/m0/s1. The third-order valence-electron chi connectivity index (χ3n) is 9.39. The van der Waals surface area contributed by atoms with Gasteiger partial charge in [0.05, 0.1) is 30.1 Å². The van der Waals surface area contributed by atoms with E-state index in [0.717, 1.165) is 16.3 Å². The van der Waals surface area contributed by atoms with E-state index in [1.165, 1.54) is 4.90 Å². The van der Waals surface area contributed by atoms with Crippen LogP contribution in [0.2, 0.25) is 0 Å². The van der Waals surface area contributed by atoms with Gasteiger partial charge in [-0.3, -0.25) is 14.4 Å². The number of fused-ring (bicyclic) bond motifs is 2. The fourth-order valence-electron chi connectivity index (χ4n) is 7.41. The highest BCUT2D eigenvalue weighted by Crippen LogP contribution is 2.63. The number of ether oxygens (including phenoxy) is 1. The van der Waals surface area contributed by atoms with Crippen LogP contribution < -0.4 is 10.6 Å². The monoisotopic (exact) mass is 555 g/mol. The lowest BCUT2D eigenvalue weighted by Gasteiger charge is -2.38. The lowest BCUT2D eigenvalue weighted by Crippen LogP contribution is -2.57. The number of carbonyl (C=O) groups is 3. The van der Waals surface area contributed by atoms with Crippen molar-refractivity contribution >= 4 is 34.2 Å². The van der Waals surface area contributed by atoms with Gasteiger partial charge in [-0.05, 0) is 54.2 Å². The van der Waals surface area contributed by atoms with Gasteiger partial charge in [-0.25, -0.2) is 0 Å². The molecule has 3 aromatic carbocycles. The second kappa shape index (κ2) is 10.3. The van der Waals surface area contributed by atoms with Crippen molar-refractivity contribution in [1.82, 2.24) is 10.2 Å². The predicted molar refractivity (Wildman–Crippen MR) is 156 cm³/mol. The van der Waals surface area contributed by atoms with E-state index in [-0.39, 0.29) is 30.2 Å². The molecule has 2 bridgehead atoms. The number of carbonyl (C=O) groups excluding carboxylic acids is 3. The van der Waals surface area contributed by atoms with Crippen molar-refractivity contribution in [2.75, 3.05) is 11.9 Å². The Labute approximate surface area is 240 Å². The summed E-state index contributed by atoms with van der Waals surface area (Å²) in [4.78, 5) is 43.8. The van der Waals surface area contributed by atoms with Gasteiger partial charge in [0.15, 0.2) is 0 Å². The molecule has 8 heteroatoms. The lowest BCUT2D eigenvalue weighted by atomic mass is 9.66. The smallest absolute Gasteiger partial charge is 0.250 e. The number of rotatable bonds is 8. The molecule has 3 fully saturated rings. The molecule has 0 saturated carbocycles. The third-order valence-corrected chi connectivity index (χ3v) is 9.39. The summed E-state index contributed by atoms with van der Waals surface area (Å²) in [7, 11) is 0. The van der Waals surface area contributed by atoms with Crippen LogP contribution >= 0.6 is 0 Å². The first kappa shape index (κ1) is 27.4. The number of benzene rings is 3. The van der Waals surface area contributed by atoms with E-state index in [1.807, 2.05) is 93.6 Å². The number of likely N-dealkylation sites (tertiary alicyclic amines) is 1. The first-order valence-electron chi connectivity index (χ1n) is 14.4. The van der Waals surface area contributed by atoms with E-state index in [0.29, 0.717) is 25.1 Å². The Morgan fingerprint density at radius 3 is 2.41 bits per heavy atom. The van der Waals surface area contributed by atoms with Crippen LogP contribution in [0.25, 0.3) is 10.8 Å². The van der Waals surface area contributed by atoms with Crippen LogP contribution in [0.3, 0.4) is 0 Å². The second-order valence-corrected chi connectivity index (χ2v) is 12.2. The summed E-state index contributed by atoms with van der Waals surface area (Å²) in [6.45, 7) is 5.76. The van der Waals surface area contributed by atoms with E-state index < -0.39 is 35.1 Å². The molecule has 6 atom stereocenters. The zero-order valence-corrected chi connectivity index (χ0v) is 23.7. The molecule has 3 aromatic rings. The number of anilines is 1. The van der Waals surface area contributed by atoms with Gasteiger partial charge < -0.3 is 25.4 Å². The van der Waals surface area contributed by atoms with Crippen molar-refractivity contribution in [2.24, 2.45) is 17.8 Å². The molecule has 3 N–H and O–H groups in total. The van der Waals surface area contributed by atoms with Gasteiger partial charge in [-0.2, -0.15) is 0 Å². The van der Waals surface area contributed by atoms with E-state index in [1.54, 1.807) is 0 Å². The van der Waals surface area contributed by atoms with Crippen LogP contribution in [0, 0.1) is 17.8 Å². The summed E-state index contributed by atoms with van der Waals surface area (Å²) in [5.41, 5.74) is -0.468. The van der Waals surface area contributed by atoms with Gasteiger partial charge in [0.25, 0.3) is 0 Å². The normalized spacial score (nSPS) is 29.1. The zero-order valence-electron chi connectivity index (χ0n) is 23.7. The average Bonchev–Trinajstić information content (AvgIpc) is 3.53. The van der Waals surface area contributed by atoms with Crippen LogP contribution in [-0.2, 0) is 25.7 Å². The molecule has 6 rings (SSSR count). The maximum absolute atomic E-state index is 14.3.